The lowest BCUT2D eigenvalue weighted by atomic mass is 9.53. The monoisotopic (exact) mass is 255 g/mol. The Morgan fingerprint density at radius 1 is 0.947 bits per heavy atom. The number of hydrogen-bond acceptors (Lipinski definition) is 1. The molecule has 1 heteroatoms. The summed E-state index contributed by atoms with van der Waals surface area (Å²) in [7, 11) is 0. The van der Waals surface area contributed by atoms with Gasteiger partial charge in [0.05, 0.1) is 0 Å². The standard InChI is InChI=1S/C18H25N/c1-13(17-5-3-2-4-6-17)19-18-10-14-7-15(11-18)9-16(8-14)12-18/h2-6,13-16,19H,7-12H2,1H3/t13-,14?,15?,16?,18?/m0/s1. The van der Waals surface area contributed by atoms with Gasteiger partial charge in [0.15, 0.2) is 0 Å². The van der Waals surface area contributed by atoms with Crippen LogP contribution in [0.2, 0.25) is 0 Å². The second kappa shape index (κ2) is 4.34. The SMILES string of the molecule is C[C@H](NC12CC3CC(CC(C3)C1)C2)c1ccccc1. The van der Waals surface area contributed by atoms with E-state index in [9.17, 15) is 0 Å². The maximum atomic E-state index is 4.04. The molecule has 1 aromatic carbocycles. The number of benzene rings is 1. The van der Waals surface area contributed by atoms with Crippen LogP contribution in [0.1, 0.15) is 57.1 Å². The molecule has 5 rings (SSSR count). The minimum Gasteiger partial charge on any atom is -0.305 e. The second-order valence-corrected chi connectivity index (χ2v) is 7.47. The average Bonchev–Trinajstić information content (AvgIpc) is 2.37. The summed E-state index contributed by atoms with van der Waals surface area (Å²) < 4.78 is 0. The minimum atomic E-state index is 0.476. The molecule has 0 saturated heterocycles. The zero-order valence-electron chi connectivity index (χ0n) is 11.9. The molecule has 4 aliphatic rings. The van der Waals surface area contributed by atoms with Crippen molar-refractivity contribution in [1.29, 1.82) is 0 Å². The van der Waals surface area contributed by atoms with Gasteiger partial charge >= 0.3 is 0 Å². The Balaban J connectivity index is 1.53. The molecule has 0 heterocycles. The molecule has 102 valence electrons. The van der Waals surface area contributed by atoms with E-state index in [1.54, 1.807) is 0 Å². The van der Waals surface area contributed by atoms with Crippen molar-refractivity contribution in [2.24, 2.45) is 17.8 Å². The summed E-state index contributed by atoms with van der Waals surface area (Å²) in [5.41, 5.74) is 1.92. The molecular formula is C18H25N. The molecule has 0 unspecified atom stereocenters. The lowest BCUT2D eigenvalue weighted by molar-refractivity contribution is -0.0245. The minimum absolute atomic E-state index is 0.476. The molecule has 19 heavy (non-hydrogen) atoms. The summed E-state index contributed by atoms with van der Waals surface area (Å²) in [5.74, 6) is 3.09. The highest BCUT2D eigenvalue weighted by Crippen LogP contribution is 2.56. The van der Waals surface area contributed by atoms with Gasteiger partial charge in [0.25, 0.3) is 0 Å². The fourth-order valence-corrected chi connectivity index (χ4v) is 5.57. The van der Waals surface area contributed by atoms with E-state index in [1.807, 2.05) is 0 Å². The van der Waals surface area contributed by atoms with Gasteiger partial charge in [-0.1, -0.05) is 30.3 Å². The summed E-state index contributed by atoms with van der Waals surface area (Å²) in [5, 5.41) is 4.04. The molecule has 1 nitrogen and oxygen atoms in total. The predicted molar refractivity (Wildman–Crippen MR) is 78.9 cm³/mol. The summed E-state index contributed by atoms with van der Waals surface area (Å²) in [6.07, 6.45) is 8.91. The Morgan fingerprint density at radius 2 is 1.47 bits per heavy atom. The van der Waals surface area contributed by atoms with Crippen LogP contribution in [0.25, 0.3) is 0 Å². The van der Waals surface area contributed by atoms with Gasteiger partial charge in [-0.2, -0.15) is 0 Å². The van der Waals surface area contributed by atoms with Crippen LogP contribution in [0.5, 0.6) is 0 Å². The fourth-order valence-electron chi connectivity index (χ4n) is 5.57. The maximum Gasteiger partial charge on any atom is 0.0296 e. The van der Waals surface area contributed by atoms with E-state index in [-0.39, 0.29) is 0 Å². The Kier molecular flexibility index (Phi) is 2.73. The van der Waals surface area contributed by atoms with Crippen LogP contribution < -0.4 is 5.32 Å². The molecule has 1 aromatic rings. The molecular weight excluding hydrogens is 230 g/mol. The Bertz CT molecular complexity index is 415. The first-order chi connectivity index (χ1) is 9.22. The Labute approximate surface area is 116 Å². The summed E-state index contributed by atoms with van der Waals surface area (Å²) >= 11 is 0. The van der Waals surface area contributed by atoms with Gasteiger partial charge in [-0.3, -0.25) is 0 Å². The van der Waals surface area contributed by atoms with Crippen molar-refractivity contribution in [1.82, 2.24) is 5.32 Å². The third-order valence-electron chi connectivity index (χ3n) is 5.86. The van der Waals surface area contributed by atoms with E-state index in [2.05, 4.69) is 42.6 Å². The van der Waals surface area contributed by atoms with E-state index < -0.39 is 0 Å². The first kappa shape index (κ1) is 12.0. The van der Waals surface area contributed by atoms with Crippen molar-refractivity contribution < 1.29 is 0 Å². The van der Waals surface area contributed by atoms with Crippen molar-refractivity contribution in [3.8, 4) is 0 Å². The summed E-state index contributed by atoms with van der Waals surface area (Å²) in [6.45, 7) is 2.34. The summed E-state index contributed by atoms with van der Waals surface area (Å²) in [6, 6.07) is 11.5. The van der Waals surface area contributed by atoms with Gasteiger partial charge in [0.1, 0.15) is 0 Å². The van der Waals surface area contributed by atoms with E-state index in [1.165, 1.54) is 44.1 Å². The summed E-state index contributed by atoms with van der Waals surface area (Å²) in [4.78, 5) is 0. The van der Waals surface area contributed by atoms with Crippen LogP contribution in [-0.2, 0) is 0 Å². The van der Waals surface area contributed by atoms with Crippen molar-refractivity contribution in [3.05, 3.63) is 35.9 Å². The fraction of sp³-hybridized carbons (Fsp3) is 0.667. The Morgan fingerprint density at radius 3 is 2.00 bits per heavy atom. The smallest absolute Gasteiger partial charge is 0.0296 e. The molecule has 0 amide bonds. The van der Waals surface area contributed by atoms with Crippen LogP contribution in [0, 0.1) is 17.8 Å². The molecule has 4 saturated carbocycles. The molecule has 0 spiro atoms. The van der Waals surface area contributed by atoms with Crippen LogP contribution in [0.3, 0.4) is 0 Å². The molecule has 4 bridgehead atoms. The van der Waals surface area contributed by atoms with Crippen LogP contribution >= 0.6 is 0 Å². The van der Waals surface area contributed by atoms with Gasteiger partial charge in [0, 0.05) is 11.6 Å². The third kappa shape index (κ3) is 2.12. The van der Waals surface area contributed by atoms with E-state index in [4.69, 9.17) is 0 Å². The topological polar surface area (TPSA) is 12.0 Å². The van der Waals surface area contributed by atoms with Crippen molar-refractivity contribution in [3.63, 3.8) is 0 Å². The van der Waals surface area contributed by atoms with Crippen LogP contribution in [0.4, 0.5) is 0 Å². The highest BCUT2D eigenvalue weighted by Gasteiger charge is 2.51. The lowest BCUT2D eigenvalue weighted by Crippen LogP contribution is -2.58. The number of hydrogen-bond donors (Lipinski definition) is 1. The number of nitrogens with one attached hydrogen (secondary N) is 1. The maximum absolute atomic E-state index is 4.04. The van der Waals surface area contributed by atoms with Gasteiger partial charge in [-0.15, -0.1) is 0 Å². The van der Waals surface area contributed by atoms with Crippen LogP contribution in [-0.4, -0.2) is 5.54 Å². The van der Waals surface area contributed by atoms with Gasteiger partial charge in [-0.25, -0.2) is 0 Å². The molecule has 0 aliphatic heterocycles. The van der Waals surface area contributed by atoms with Crippen molar-refractivity contribution >= 4 is 0 Å². The van der Waals surface area contributed by atoms with Crippen molar-refractivity contribution in [2.75, 3.05) is 0 Å². The van der Waals surface area contributed by atoms with Gasteiger partial charge in [0.2, 0.25) is 0 Å². The molecule has 0 aromatic heterocycles. The largest absolute Gasteiger partial charge is 0.305 e. The van der Waals surface area contributed by atoms with Crippen molar-refractivity contribution in [2.45, 2.75) is 57.0 Å². The normalized spacial score (nSPS) is 41.4. The first-order valence-corrected chi connectivity index (χ1v) is 8.05. The van der Waals surface area contributed by atoms with Gasteiger partial charge < -0.3 is 5.32 Å². The van der Waals surface area contributed by atoms with E-state index in [0.717, 1.165) is 17.8 Å². The average molecular weight is 255 g/mol. The molecule has 1 N–H and O–H groups in total. The lowest BCUT2D eigenvalue weighted by Gasteiger charge is -2.57. The van der Waals surface area contributed by atoms with E-state index in [0.29, 0.717) is 11.6 Å². The Hall–Kier alpha value is -0.820. The van der Waals surface area contributed by atoms with E-state index >= 15 is 0 Å². The third-order valence-corrected chi connectivity index (χ3v) is 5.86. The molecule has 1 atom stereocenters. The molecule has 4 aliphatic carbocycles. The second-order valence-electron chi connectivity index (χ2n) is 7.47. The van der Waals surface area contributed by atoms with Crippen LogP contribution in [0.15, 0.2) is 30.3 Å². The highest BCUT2D eigenvalue weighted by molar-refractivity contribution is 5.19. The zero-order valence-corrected chi connectivity index (χ0v) is 11.9. The molecule has 0 radical (unpaired) electrons. The zero-order chi connectivity index (χ0) is 12.9. The number of rotatable bonds is 3. The quantitative estimate of drug-likeness (QED) is 0.849. The van der Waals surface area contributed by atoms with Gasteiger partial charge in [-0.05, 0) is 68.8 Å². The molecule has 4 fully saturated rings. The highest BCUT2D eigenvalue weighted by atomic mass is 15.0. The first-order valence-electron chi connectivity index (χ1n) is 8.05. The predicted octanol–water partition coefficient (Wildman–Crippen LogP) is 4.31.